The van der Waals surface area contributed by atoms with E-state index < -0.39 is 0 Å². The van der Waals surface area contributed by atoms with Crippen LogP contribution in [0.3, 0.4) is 0 Å². The van der Waals surface area contributed by atoms with E-state index in [0.717, 1.165) is 26.2 Å². The zero-order valence-electron chi connectivity index (χ0n) is 10.4. The van der Waals surface area contributed by atoms with E-state index in [2.05, 4.69) is 25.2 Å². The summed E-state index contributed by atoms with van der Waals surface area (Å²) in [7, 11) is 0. The normalized spacial score (nSPS) is 15.5. The number of rotatable bonds is 2. The van der Waals surface area contributed by atoms with Crippen LogP contribution in [0.5, 0.6) is 0 Å². The van der Waals surface area contributed by atoms with Crippen molar-refractivity contribution < 1.29 is 4.39 Å². The Hall–Kier alpha value is -2.08. The average molecular weight is 259 g/mol. The second-order valence-electron chi connectivity index (χ2n) is 4.37. The molecule has 98 valence electrons. The van der Waals surface area contributed by atoms with Crippen LogP contribution in [0.4, 0.5) is 10.3 Å². The Morgan fingerprint density at radius 3 is 2.84 bits per heavy atom. The maximum Gasteiger partial charge on any atom is 0.225 e. The quantitative estimate of drug-likeness (QED) is 0.875. The lowest BCUT2D eigenvalue weighted by Gasteiger charge is -2.27. The average Bonchev–Trinajstić information content (AvgIpc) is 2.48. The summed E-state index contributed by atoms with van der Waals surface area (Å²) in [5, 5.41) is 3.28. The molecule has 0 atom stereocenters. The van der Waals surface area contributed by atoms with Gasteiger partial charge in [0.05, 0.1) is 11.9 Å². The molecule has 5 nitrogen and oxygen atoms in total. The van der Waals surface area contributed by atoms with Crippen LogP contribution < -0.4 is 10.2 Å². The Bertz CT molecular complexity index is 568. The number of aromatic nitrogens is 3. The van der Waals surface area contributed by atoms with Gasteiger partial charge in [0.25, 0.3) is 0 Å². The highest BCUT2D eigenvalue weighted by molar-refractivity contribution is 5.58. The minimum absolute atomic E-state index is 0.361. The first kappa shape index (κ1) is 12.0. The standard InChI is InChI=1S/C13H14FN5/c14-11-7-10(8-16-9-11)12-1-2-17-13(18-12)19-5-3-15-4-6-19/h1-2,7-9,15H,3-6H2. The molecule has 1 saturated heterocycles. The molecule has 0 saturated carbocycles. The molecule has 1 aliphatic heterocycles. The highest BCUT2D eigenvalue weighted by Gasteiger charge is 2.13. The molecule has 0 unspecified atom stereocenters. The van der Waals surface area contributed by atoms with Crippen LogP contribution in [-0.4, -0.2) is 41.1 Å². The zero-order valence-corrected chi connectivity index (χ0v) is 10.4. The third kappa shape index (κ3) is 2.68. The van der Waals surface area contributed by atoms with E-state index in [0.29, 0.717) is 17.2 Å². The number of halogens is 1. The van der Waals surface area contributed by atoms with Crippen molar-refractivity contribution in [2.75, 3.05) is 31.1 Å². The molecule has 3 rings (SSSR count). The van der Waals surface area contributed by atoms with Gasteiger partial charge in [0, 0.05) is 44.1 Å². The molecular weight excluding hydrogens is 245 g/mol. The Kier molecular flexibility index (Phi) is 3.33. The molecule has 3 heterocycles. The molecule has 1 aliphatic rings. The number of anilines is 1. The van der Waals surface area contributed by atoms with Crippen molar-refractivity contribution in [3.8, 4) is 11.3 Å². The van der Waals surface area contributed by atoms with Gasteiger partial charge in [-0.15, -0.1) is 0 Å². The first-order valence-corrected chi connectivity index (χ1v) is 6.22. The molecule has 0 amide bonds. The maximum absolute atomic E-state index is 13.2. The SMILES string of the molecule is Fc1cncc(-c2ccnc(N3CCNCC3)n2)c1. The van der Waals surface area contributed by atoms with Crippen molar-refractivity contribution in [3.05, 3.63) is 36.5 Å². The van der Waals surface area contributed by atoms with Crippen LogP contribution in [0, 0.1) is 5.82 Å². The fourth-order valence-electron chi connectivity index (χ4n) is 2.08. The van der Waals surface area contributed by atoms with Crippen molar-refractivity contribution in [1.29, 1.82) is 0 Å². The van der Waals surface area contributed by atoms with Crippen molar-refractivity contribution >= 4 is 5.95 Å². The lowest BCUT2D eigenvalue weighted by molar-refractivity contribution is 0.580. The minimum atomic E-state index is -0.361. The van der Waals surface area contributed by atoms with Crippen LogP contribution in [0.15, 0.2) is 30.7 Å². The molecule has 0 spiro atoms. The van der Waals surface area contributed by atoms with Gasteiger partial charge in [-0.25, -0.2) is 14.4 Å². The fourth-order valence-corrected chi connectivity index (χ4v) is 2.08. The number of hydrogen-bond acceptors (Lipinski definition) is 5. The van der Waals surface area contributed by atoms with E-state index in [1.54, 1.807) is 18.5 Å². The molecule has 0 aromatic carbocycles. The highest BCUT2D eigenvalue weighted by Crippen LogP contribution is 2.18. The van der Waals surface area contributed by atoms with Crippen molar-refractivity contribution in [2.45, 2.75) is 0 Å². The fraction of sp³-hybridized carbons (Fsp3) is 0.308. The largest absolute Gasteiger partial charge is 0.338 e. The summed E-state index contributed by atoms with van der Waals surface area (Å²) in [6.07, 6.45) is 4.49. The summed E-state index contributed by atoms with van der Waals surface area (Å²) in [5.74, 6) is 0.322. The maximum atomic E-state index is 13.2. The molecule has 2 aromatic rings. The second kappa shape index (κ2) is 5.27. The monoisotopic (exact) mass is 259 g/mol. The predicted octanol–water partition coefficient (Wildman–Crippen LogP) is 1.09. The summed E-state index contributed by atoms with van der Waals surface area (Å²) >= 11 is 0. The molecular formula is C13H14FN5. The Morgan fingerprint density at radius 1 is 1.21 bits per heavy atom. The van der Waals surface area contributed by atoms with Crippen molar-refractivity contribution in [1.82, 2.24) is 20.3 Å². The highest BCUT2D eigenvalue weighted by atomic mass is 19.1. The van der Waals surface area contributed by atoms with E-state index in [9.17, 15) is 4.39 Å². The van der Waals surface area contributed by atoms with E-state index in [4.69, 9.17) is 0 Å². The zero-order chi connectivity index (χ0) is 13.1. The van der Waals surface area contributed by atoms with Gasteiger partial charge in [0.1, 0.15) is 5.82 Å². The van der Waals surface area contributed by atoms with Gasteiger partial charge in [-0.2, -0.15) is 0 Å². The number of hydrogen-bond donors (Lipinski definition) is 1. The summed E-state index contributed by atoms with van der Waals surface area (Å²) in [6.45, 7) is 3.61. The first-order valence-electron chi connectivity index (χ1n) is 6.22. The van der Waals surface area contributed by atoms with Crippen LogP contribution in [0.25, 0.3) is 11.3 Å². The molecule has 0 radical (unpaired) electrons. The summed E-state index contributed by atoms with van der Waals surface area (Å²) in [4.78, 5) is 14.7. The van der Waals surface area contributed by atoms with Crippen LogP contribution in [0.1, 0.15) is 0 Å². The number of nitrogens with zero attached hydrogens (tertiary/aromatic N) is 4. The number of piperazine rings is 1. The van der Waals surface area contributed by atoms with Gasteiger partial charge in [0.15, 0.2) is 0 Å². The lowest BCUT2D eigenvalue weighted by atomic mass is 10.2. The summed E-state index contributed by atoms with van der Waals surface area (Å²) < 4.78 is 13.2. The van der Waals surface area contributed by atoms with E-state index in [1.165, 1.54) is 12.3 Å². The van der Waals surface area contributed by atoms with E-state index in [-0.39, 0.29) is 5.82 Å². The Labute approximate surface area is 110 Å². The molecule has 19 heavy (non-hydrogen) atoms. The van der Waals surface area contributed by atoms with Gasteiger partial charge in [-0.1, -0.05) is 0 Å². The van der Waals surface area contributed by atoms with Gasteiger partial charge in [-0.3, -0.25) is 4.98 Å². The lowest BCUT2D eigenvalue weighted by Crippen LogP contribution is -2.44. The van der Waals surface area contributed by atoms with Gasteiger partial charge in [-0.05, 0) is 12.1 Å². The molecule has 2 aromatic heterocycles. The summed E-state index contributed by atoms with van der Waals surface area (Å²) in [5.41, 5.74) is 1.36. The number of pyridine rings is 1. The van der Waals surface area contributed by atoms with Crippen molar-refractivity contribution in [2.24, 2.45) is 0 Å². The first-order chi connectivity index (χ1) is 9.33. The summed E-state index contributed by atoms with van der Waals surface area (Å²) in [6, 6.07) is 3.19. The molecule has 1 fully saturated rings. The van der Waals surface area contributed by atoms with Gasteiger partial charge in [0.2, 0.25) is 5.95 Å². The Balaban J connectivity index is 1.91. The van der Waals surface area contributed by atoms with Crippen LogP contribution >= 0.6 is 0 Å². The molecule has 6 heteroatoms. The minimum Gasteiger partial charge on any atom is -0.338 e. The Morgan fingerprint density at radius 2 is 2.05 bits per heavy atom. The predicted molar refractivity (Wildman–Crippen MR) is 70.3 cm³/mol. The van der Waals surface area contributed by atoms with Crippen LogP contribution in [-0.2, 0) is 0 Å². The van der Waals surface area contributed by atoms with E-state index in [1.807, 2.05) is 0 Å². The third-order valence-electron chi connectivity index (χ3n) is 3.04. The topological polar surface area (TPSA) is 53.9 Å². The van der Waals surface area contributed by atoms with Crippen LogP contribution in [0.2, 0.25) is 0 Å². The van der Waals surface area contributed by atoms with Gasteiger partial charge < -0.3 is 10.2 Å². The van der Waals surface area contributed by atoms with Gasteiger partial charge >= 0.3 is 0 Å². The molecule has 1 N–H and O–H groups in total. The van der Waals surface area contributed by atoms with Crippen molar-refractivity contribution in [3.63, 3.8) is 0 Å². The second-order valence-corrected chi connectivity index (χ2v) is 4.37. The number of nitrogens with one attached hydrogen (secondary N) is 1. The molecule has 0 aliphatic carbocycles. The molecule has 0 bridgehead atoms. The third-order valence-corrected chi connectivity index (χ3v) is 3.04. The van der Waals surface area contributed by atoms with E-state index >= 15 is 0 Å². The smallest absolute Gasteiger partial charge is 0.225 e.